The summed E-state index contributed by atoms with van der Waals surface area (Å²) in [5.41, 5.74) is -1.71. The number of ether oxygens (including phenoxy) is 2. The van der Waals surface area contributed by atoms with Crippen LogP contribution in [0.2, 0.25) is 5.02 Å². The van der Waals surface area contributed by atoms with Gasteiger partial charge in [-0.1, -0.05) is 17.7 Å². The van der Waals surface area contributed by atoms with E-state index in [0.717, 1.165) is 19.2 Å². The van der Waals surface area contributed by atoms with Crippen molar-refractivity contribution >= 4 is 33.4 Å². The maximum absolute atomic E-state index is 13.7. The highest BCUT2D eigenvalue weighted by molar-refractivity contribution is 7.88. The Hall–Kier alpha value is -2.13. The molecule has 0 spiro atoms. The molecular weight excluding hydrogens is 365 g/mol. The number of ketones is 1. The fourth-order valence-corrected chi connectivity index (χ4v) is 2.66. The number of nitrogens with one attached hydrogen (secondary N) is 1. The zero-order chi connectivity index (χ0) is 18.3. The smallest absolute Gasteiger partial charge is 0.308 e. The molecular formula is C14H13ClFNO6S. The quantitative estimate of drug-likeness (QED) is 0.800. The van der Waals surface area contributed by atoms with Crippen LogP contribution in [-0.2, 0) is 34.7 Å². The predicted molar refractivity (Wildman–Crippen MR) is 81.6 cm³/mol. The minimum Gasteiger partial charge on any atom is -0.456 e. The third-order valence-corrected chi connectivity index (χ3v) is 4.01. The van der Waals surface area contributed by atoms with E-state index in [2.05, 4.69) is 0 Å². The second kappa shape index (κ2) is 6.06. The molecule has 0 aliphatic carbocycles. The van der Waals surface area contributed by atoms with E-state index in [1.807, 2.05) is 4.72 Å². The number of esters is 1. The molecule has 0 saturated carbocycles. The first-order chi connectivity index (χ1) is 10.9. The fourth-order valence-electron chi connectivity index (χ4n) is 2.07. The van der Waals surface area contributed by atoms with Crippen molar-refractivity contribution in [2.45, 2.75) is 19.4 Å². The molecule has 1 N–H and O–H groups in total. The Balaban J connectivity index is 2.51. The van der Waals surface area contributed by atoms with E-state index in [1.165, 1.54) is 19.1 Å². The molecule has 0 bridgehead atoms. The van der Waals surface area contributed by atoms with Crippen molar-refractivity contribution in [1.29, 1.82) is 0 Å². The molecule has 7 nitrogen and oxygen atoms in total. The van der Waals surface area contributed by atoms with E-state index < -0.39 is 44.8 Å². The van der Waals surface area contributed by atoms with Crippen LogP contribution >= 0.6 is 11.6 Å². The van der Waals surface area contributed by atoms with E-state index in [0.29, 0.717) is 0 Å². The van der Waals surface area contributed by atoms with E-state index in [1.54, 1.807) is 0 Å². The van der Waals surface area contributed by atoms with Crippen LogP contribution in [0.3, 0.4) is 0 Å². The number of benzene rings is 1. The van der Waals surface area contributed by atoms with Gasteiger partial charge in [0.25, 0.3) is 5.78 Å². The Kier molecular flexibility index (Phi) is 4.60. The number of hydrogen-bond acceptors (Lipinski definition) is 6. The van der Waals surface area contributed by atoms with Crippen LogP contribution in [0.25, 0.3) is 0 Å². The maximum Gasteiger partial charge on any atom is 0.308 e. The molecule has 1 aliphatic heterocycles. The van der Waals surface area contributed by atoms with Gasteiger partial charge in [0.05, 0.1) is 11.3 Å². The second-order valence-electron chi connectivity index (χ2n) is 5.22. The number of carbonyl (C=O) groups is 2. The Morgan fingerprint density at radius 2 is 2.04 bits per heavy atom. The van der Waals surface area contributed by atoms with Gasteiger partial charge in [0.15, 0.2) is 5.60 Å². The van der Waals surface area contributed by atoms with Gasteiger partial charge in [-0.15, -0.1) is 0 Å². The topological polar surface area (TPSA) is 98.8 Å². The molecule has 2 rings (SSSR count). The van der Waals surface area contributed by atoms with Crippen molar-refractivity contribution in [2.75, 3.05) is 6.26 Å². The molecule has 0 fully saturated rings. The second-order valence-corrected chi connectivity index (χ2v) is 7.38. The fraction of sp³-hybridized carbons (Fsp3) is 0.286. The van der Waals surface area contributed by atoms with Crippen LogP contribution in [0, 0.1) is 5.82 Å². The van der Waals surface area contributed by atoms with Crippen LogP contribution in [0.1, 0.15) is 19.4 Å². The first-order valence-electron chi connectivity index (χ1n) is 6.54. The molecule has 10 heteroatoms. The lowest BCUT2D eigenvalue weighted by atomic mass is 9.91. The Labute approximate surface area is 142 Å². The van der Waals surface area contributed by atoms with E-state index in [9.17, 15) is 22.4 Å². The molecule has 1 aliphatic rings. The lowest BCUT2D eigenvalue weighted by Gasteiger charge is -2.23. The van der Waals surface area contributed by atoms with Gasteiger partial charge in [0.1, 0.15) is 5.82 Å². The number of carbonyl (C=O) groups excluding carboxylic acids is 2. The lowest BCUT2D eigenvalue weighted by molar-refractivity contribution is -0.142. The van der Waals surface area contributed by atoms with Crippen molar-refractivity contribution in [3.8, 4) is 0 Å². The van der Waals surface area contributed by atoms with Crippen LogP contribution in [0.15, 0.2) is 29.8 Å². The average molecular weight is 378 g/mol. The van der Waals surface area contributed by atoms with Crippen molar-refractivity contribution < 1.29 is 31.9 Å². The lowest BCUT2D eigenvalue weighted by Crippen LogP contribution is -2.32. The summed E-state index contributed by atoms with van der Waals surface area (Å²) in [5, 5.41) is -0.157. The minimum atomic E-state index is -3.82. The summed E-state index contributed by atoms with van der Waals surface area (Å²) in [4.78, 5) is 23.8. The van der Waals surface area contributed by atoms with Gasteiger partial charge in [-0.25, -0.2) is 12.8 Å². The van der Waals surface area contributed by atoms with Crippen molar-refractivity contribution in [1.82, 2.24) is 4.72 Å². The van der Waals surface area contributed by atoms with Gasteiger partial charge in [-0.05, 0) is 19.1 Å². The summed E-state index contributed by atoms with van der Waals surface area (Å²) in [7, 11) is -3.82. The number of sulfonamides is 1. The third-order valence-electron chi connectivity index (χ3n) is 3.15. The van der Waals surface area contributed by atoms with Crippen molar-refractivity contribution in [3.05, 3.63) is 46.2 Å². The summed E-state index contributed by atoms with van der Waals surface area (Å²) in [5.74, 6) is -3.63. The zero-order valence-corrected chi connectivity index (χ0v) is 14.4. The van der Waals surface area contributed by atoms with Gasteiger partial charge in [0, 0.05) is 12.5 Å². The van der Waals surface area contributed by atoms with Crippen LogP contribution < -0.4 is 4.72 Å². The maximum atomic E-state index is 13.7. The first-order valence-corrected chi connectivity index (χ1v) is 8.81. The summed E-state index contributed by atoms with van der Waals surface area (Å²) >= 11 is 5.61. The highest BCUT2D eigenvalue weighted by atomic mass is 35.5. The first kappa shape index (κ1) is 18.2. The van der Waals surface area contributed by atoms with Crippen LogP contribution in [0.5, 0.6) is 0 Å². The standard InChI is InChI=1S/C14H13ClFNO6S/c1-7(18)22-11-12(19)14(2,23-13(11)17-24(3,20)21)8-4-5-9(15)10(16)6-8/h4-6,17H,1-3H3. The number of halogens is 2. The highest BCUT2D eigenvalue weighted by Crippen LogP contribution is 2.39. The summed E-state index contributed by atoms with van der Waals surface area (Å²) in [6.07, 6.45) is 0.830. The van der Waals surface area contributed by atoms with Gasteiger partial charge >= 0.3 is 5.97 Å². The molecule has 1 aromatic carbocycles. The minimum absolute atomic E-state index is 0.0735. The van der Waals surface area contributed by atoms with Crippen molar-refractivity contribution in [3.63, 3.8) is 0 Å². The van der Waals surface area contributed by atoms with Crippen LogP contribution in [0.4, 0.5) is 4.39 Å². The average Bonchev–Trinajstić information content (AvgIpc) is 2.65. The molecule has 1 unspecified atom stereocenters. The van der Waals surface area contributed by atoms with Gasteiger partial charge < -0.3 is 9.47 Å². The molecule has 1 aromatic rings. The number of rotatable bonds is 4. The van der Waals surface area contributed by atoms with Crippen LogP contribution in [-0.4, -0.2) is 26.4 Å². The molecule has 0 saturated heterocycles. The zero-order valence-electron chi connectivity index (χ0n) is 12.8. The summed E-state index contributed by atoms with van der Waals surface area (Å²) in [6, 6.07) is 3.55. The SMILES string of the molecule is CC(=O)OC1=C(NS(C)(=O)=O)OC(C)(c2ccc(Cl)c(F)c2)C1=O. The van der Waals surface area contributed by atoms with E-state index in [4.69, 9.17) is 21.1 Å². The Morgan fingerprint density at radius 1 is 1.42 bits per heavy atom. The number of hydrogen-bond donors (Lipinski definition) is 1. The van der Waals surface area contributed by atoms with Gasteiger partial charge in [-0.3, -0.25) is 14.3 Å². The summed E-state index contributed by atoms with van der Waals surface area (Å²) in [6.45, 7) is 2.33. The van der Waals surface area contributed by atoms with E-state index >= 15 is 0 Å². The molecule has 0 aromatic heterocycles. The predicted octanol–water partition coefficient (Wildman–Crippen LogP) is 1.58. The Bertz CT molecular complexity index is 866. The largest absolute Gasteiger partial charge is 0.456 e. The normalized spacial score (nSPS) is 20.8. The van der Waals surface area contributed by atoms with E-state index in [-0.39, 0.29) is 10.6 Å². The molecule has 1 heterocycles. The Morgan fingerprint density at radius 3 is 2.54 bits per heavy atom. The summed E-state index contributed by atoms with van der Waals surface area (Å²) < 4.78 is 48.7. The molecule has 0 amide bonds. The monoisotopic (exact) mass is 377 g/mol. The molecule has 1 atom stereocenters. The third kappa shape index (κ3) is 3.51. The van der Waals surface area contributed by atoms with Gasteiger partial charge in [0.2, 0.25) is 21.7 Å². The molecule has 130 valence electrons. The molecule has 0 radical (unpaired) electrons. The number of Topliss-reactive ketones (excluding diaryl/α,β-unsaturated/α-hetero) is 1. The highest BCUT2D eigenvalue weighted by Gasteiger charge is 2.50. The van der Waals surface area contributed by atoms with Crippen molar-refractivity contribution in [2.24, 2.45) is 0 Å². The van der Waals surface area contributed by atoms with Gasteiger partial charge in [-0.2, -0.15) is 0 Å². The molecule has 24 heavy (non-hydrogen) atoms.